The molecule has 1 unspecified atom stereocenters. The largest absolute Gasteiger partial charge is 0.338 e. The molecule has 1 amide bonds. The van der Waals surface area contributed by atoms with Crippen molar-refractivity contribution in [2.75, 3.05) is 13.6 Å². The molecule has 0 spiro atoms. The zero-order valence-corrected chi connectivity index (χ0v) is 7.37. The lowest BCUT2D eigenvalue weighted by molar-refractivity contribution is -0.126. The molecule has 1 atom stereocenters. The summed E-state index contributed by atoms with van der Waals surface area (Å²) < 4.78 is 0. The van der Waals surface area contributed by atoms with Crippen molar-refractivity contribution in [2.45, 2.75) is 19.9 Å². The van der Waals surface area contributed by atoms with Crippen molar-refractivity contribution < 1.29 is 4.79 Å². The minimum atomic E-state index is 0.00505. The zero-order chi connectivity index (χ0) is 8.85. The van der Waals surface area contributed by atoms with Crippen LogP contribution in [0.2, 0.25) is 0 Å². The number of hydrogen-bond donors (Lipinski definition) is 1. The lowest BCUT2D eigenvalue weighted by Gasteiger charge is -2.21. The Hall–Kier alpha value is -0.830. The molecule has 0 saturated heterocycles. The Labute approximate surface area is 67.9 Å². The number of nitrogens with two attached hydrogens (primary N) is 1. The average molecular weight is 156 g/mol. The second kappa shape index (κ2) is 4.91. The minimum absolute atomic E-state index is 0.00505. The molecule has 0 saturated carbocycles. The van der Waals surface area contributed by atoms with E-state index in [-0.39, 0.29) is 11.9 Å². The number of rotatable bonds is 3. The van der Waals surface area contributed by atoms with Gasteiger partial charge in [0.05, 0.1) is 0 Å². The Balaban J connectivity index is 4.01. The van der Waals surface area contributed by atoms with Gasteiger partial charge in [-0.2, -0.15) is 0 Å². The molecule has 3 nitrogen and oxygen atoms in total. The highest BCUT2D eigenvalue weighted by molar-refractivity contribution is 5.87. The van der Waals surface area contributed by atoms with Crippen molar-refractivity contribution in [3.63, 3.8) is 0 Å². The summed E-state index contributed by atoms with van der Waals surface area (Å²) in [4.78, 5) is 12.8. The van der Waals surface area contributed by atoms with Crippen LogP contribution in [0.5, 0.6) is 0 Å². The zero-order valence-electron chi connectivity index (χ0n) is 7.37. The van der Waals surface area contributed by atoms with Crippen molar-refractivity contribution >= 4 is 5.91 Å². The van der Waals surface area contributed by atoms with Gasteiger partial charge >= 0.3 is 0 Å². The van der Waals surface area contributed by atoms with E-state index in [1.807, 2.05) is 13.8 Å². The third kappa shape index (κ3) is 3.18. The topological polar surface area (TPSA) is 46.3 Å². The maximum atomic E-state index is 11.1. The fraction of sp³-hybridized carbons (Fsp3) is 0.625. The van der Waals surface area contributed by atoms with Crippen molar-refractivity contribution in [1.29, 1.82) is 0 Å². The molecule has 11 heavy (non-hydrogen) atoms. The van der Waals surface area contributed by atoms with Gasteiger partial charge in [-0.3, -0.25) is 4.79 Å². The molecule has 0 aliphatic heterocycles. The third-order valence-corrected chi connectivity index (χ3v) is 1.66. The van der Waals surface area contributed by atoms with Crippen molar-refractivity contribution in [2.24, 2.45) is 5.73 Å². The van der Waals surface area contributed by atoms with E-state index in [0.717, 1.165) is 0 Å². The van der Waals surface area contributed by atoms with Crippen molar-refractivity contribution in [1.82, 2.24) is 4.90 Å². The highest BCUT2D eigenvalue weighted by atomic mass is 16.2. The van der Waals surface area contributed by atoms with Crippen LogP contribution in [0.1, 0.15) is 13.8 Å². The smallest absolute Gasteiger partial charge is 0.246 e. The molecule has 0 aromatic rings. The summed E-state index contributed by atoms with van der Waals surface area (Å²) in [6.45, 7) is 4.24. The van der Waals surface area contributed by atoms with Gasteiger partial charge in [0.1, 0.15) is 0 Å². The Morgan fingerprint density at radius 3 is 2.64 bits per heavy atom. The van der Waals surface area contributed by atoms with E-state index < -0.39 is 0 Å². The number of hydrogen-bond acceptors (Lipinski definition) is 2. The molecule has 0 radical (unpaired) electrons. The van der Waals surface area contributed by atoms with Gasteiger partial charge in [0.2, 0.25) is 5.91 Å². The predicted octanol–water partition coefficient (Wildman–Crippen LogP) is 0.368. The van der Waals surface area contributed by atoms with Crippen LogP contribution in [-0.2, 0) is 4.79 Å². The fourth-order valence-electron chi connectivity index (χ4n) is 0.635. The Morgan fingerprint density at radius 2 is 2.27 bits per heavy atom. The normalized spacial score (nSPS) is 13.5. The monoisotopic (exact) mass is 156 g/mol. The molecular formula is C8H16N2O. The summed E-state index contributed by atoms with van der Waals surface area (Å²) in [5.41, 5.74) is 5.39. The second-order valence-electron chi connectivity index (χ2n) is 2.53. The molecule has 0 heterocycles. The molecule has 0 aromatic heterocycles. The second-order valence-corrected chi connectivity index (χ2v) is 2.53. The Kier molecular flexibility index (Phi) is 4.54. The first-order valence-electron chi connectivity index (χ1n) is 3.73. The fourth-order valence-corrected chi connectivity index (χ4v) is 0.635. The summed E-state index contributed by atoms with van der Waals surface area (Å²) in [5.74, 6) is 0.00505. The average Bonchev–Trinajstić information content (AvgIpc) is 2.02. The van der Waals surface area contributed by atoms with Gasteiger partial charge in [-0.05, 0) is 19.9 Å². The molecule has 0 rings (SSSR count). The van der Waals surface area contributed by atoms with Gasteiger partial charge in [0.15, 0.2) is 0 Å². The highest BCUT2D eigenvalue weighted by Gasteiger charge is 2.10. The Bertz CT molecular complexity index is 154. The van der Waals surface area contributed by atoms with E-state index in [0.29, 0.717) is 6.54 Å². The predicted molar refractivity (Wildman–Crippen MR) is 46.1 cm³/mol. The molecule has 2 N–H and O–H groups in total. The van der Waals surface area contributed by atoms with Crippen LogP contribution in [0.3, 0.4) is 0 Å². The molecule has 0 aliphatic carbocycles. The summed E-state index contributed by atoms with van der Waals surface area (Å²) in [6.07, 6.45) is 3.26. The first-order chi connectivity index (χ1) is 5.13. The van der Waals surface area contributed by atoms with Gasteiger partial charge in [0.25, 0.3) is 0 Å². The van der Waals surface area contributed by atoms with Crippen LogP contribution in [0.25, 0.3) is 0 Å². The number of likely N-dealkylation sites (N-methyl/N-ethyl adjacent to an activating group) is 1. The van der Waals surface area contributed by atoms with E-state index in [9.17, 15) is 4.79 Å². The van der Waals surface area contributed by atoms with Crippen LogP contribution in [-0.4, -0.2) is 30.4 Å². The van der Waals surface area contributed by atoms with Crippen LogP contribution >= 0.6 is 0 Å². The van der Waals surface area contributed by atoms with Crippen molar-refractivity contribution in [3.05, 3.63) is 12.2 Å². The number of carbonyl (C=O) groups is 1. The maximum Gasteiger partial charge on any atom is 0.246 e. The van der Waals surface area contributed by atoms with Gasteiger partial charge < -0.3 is 10.6 Å². The first kappa shape index (κ1) is 10.2. The van der Waals surface area contributed by atoms with E-state index in [1.54, 1.807) is 18.0 Å². The summed E-state index contributed by atoms with van der Waals surface area (Å²) in [6, 6.07) is 0.110. The van der Waals surface area contributed by atoms with E-state index >= 15 is 0 Å². The maximum absolute atomic E-state index is 11.1. The molecule has 0 fully saturated rings. The molecule has 64 valence electrons. The van der Waals surface area contributed by atoms with Gasteiger partial charge in [0, 0.05) is 19.6 Å². The van der Waals surface area contributed by atoms with Gasteiger partial charge in [-0.1, -0.05) is 6.08 Å². The van der Waals surface area contributed by atoms with E-state index in [4.69, 9.17) is 5.73 Å². The van der Waals surface area contributed by atoms with Gasteiger partial charge in [-0.15, -0.1) is 0 Å². The van der Waals surface area contributed by atoms with Crippen LogP contribution < -0.4 is 5.73 Å². The number of carbonyl (C=O) groups excluding carboxylic acids is 1. The molecule has 0 aromatic carbocycles. The van der Waals surface area contributed by atoms with Crippen molar-refractivity contribution in [3.8, 4) is 0 Å². The molecule has 0 aliphatic rings. The number of amides is 1. The third-order valence-electron chi connectivity index (χ3n) is 1.66. The summed E-state index contributed by atoms with van der Waals surface area (Å²) in [5, 5.41) is 0. The summed E-state index contributed by atoms with van der Waals surface area (Å²) in [7, 11) is 1.75. The standard InChI is InChI=1S/C8H16N2O/c1-4-5-8(11)10(3)7(2)6-9/h4-5,7H,6,9H2,1-3H3/b5-4+. The number of allylic oxidation sites excluding steroid dienone is 1. The van der Waals surface area contributed by atoms with E-state index in [2.05, 4.69) is 0 Å². The minimum Gasteiger partial charge on any atom is -0.338 e. The lowest BCUT2D eigenvalue weighted by Crippen LogP contribution is -2.38. The number of nitrogens with zero attached hydrogens (tertiary/aromatic N) is 1. The first-order valence-corrected chi connectivity index (χ1v) is 3.73. The van der Waals surface area contributed by atoms with E-state index in [1.165, 1.54) is 6.08 Å². The summed E-state index contributed by atoms with van der Waals surface area (Å²) >= 11 is 0. The molecule has 3 heteroatoms. The highest BCUT2D eigenvalue weighted by Crippen LogP contribution is 1.94. The van der Waals surface area contributed by atoms with Crippen LogP contribution in [0.15, 0.2) is 12.2 Å². The molecule has 0 bridgehead atoms. The Morgan fingerprint density at radius 1 is 1.73 bits per heavy atom. The lowest BCUT2D eigenvalue weighted by atomic mass is 10.3. The van der Waals surface area contributed by atoms with Crippen LogP contribution in [0.4, 0.5) is 0 Å². The molecular weight excluding hydrogens is 140 g/mol. The van der Waals surface area contributed by atoms with Crippen LogP contribution in [0, 0.1) is 0 Å². The SMILES string of the molecule is C/C=C/C(=O)N(C)C(C)CN. The quantitative estimate of drug-likeness (QED) is 0.600. The van der Waals surface area contributed by atoms with Gasteiger partial charge in [-0.25, -0.2) is 0 Å².